The van der Waals surface area contributed by atoms with Crippen LogP contribution in [-0.4, -0.2) is 9.97 Å². The van der Waals surface area contributed by atoms with Crippen molar-refractivity contribution in [3.05, 3.63) is 62.3 Å². The molecule has 0 saturated carbocycles. The lowest BCUT2D eigenvalue weighted by molar-refractivity contribution is 0.535. The molecule has 20 heavy (non-hydrogen) atoms. The standard InChI is InChI=1S/C15H11IN2O2/c1-9-11(7-8-20-9)14-17-13(12(16)15(19)18-14)10-5-3-2-4-6-10/h2-8H,1H3,(H,17,18,19). The number of hydrogen-bond donors (Lipinski definition) is 1. The zero-order chi connectivity index (χ0) is 14.1. The molecule has 0 saturated heterocycles. The summed E-state index contributed by atoms with van der Waals surface area (Å²) in [5.41, 5.74) is 2.27. The maximum Gasteiger partial charge on any atom is 0.265 e. The first-order valence-electron chi connectivity index (χ1n) is 6.06. The SMILES string of the molecule is Cc1occc1-c1nc(-c2ccccc2)c(I)c(=O)[nH]1. The van der Waals surface area contributed by atoms with Gasteiger partial charge in [0.15, 0.2) is 0 Å². The number of nitrogens with zero attached hydrogens (tertiary/aromatic N) is 1. The molecule has 4 nitrogen and oxygen atoms in total. The van der Waals surface area contributed by atoms with E-state index in [1.54, 1.807) is 12.3 Å². The molecular formula is C15H11IN2O2. The molecular weight excluding hydrogens is 367 g/mol. The van der Waals surface area contributed by atoms with Crippen LogP contribution >= 0.6 is 22.6 Å². The molecule has 1 N–H and O–H groups in total. The van der Waals surface area contributed by atoms with Crippen molar-refractivity contribution in [2.45, 2.75) is 6.92 Å². The maximum absolute atomic E-state index is 12.1. The fourth-order valence-corrected chi connectivity index (χ4v) is 2.57. The van der Waals surface area contributed by atoms with Crippen molar-refractivity contribution in [3.63, 3.8) is 0 Å². The van der Waals surface area contributed by atoms with Crippen molar-refractivity contribution in [3.8, 4) is 22.6 Å². The van der Waals surface area contributed by atoms with Crippen molar-refractivity contribution in [1.82, 2.24) is 9.97 Å². The Labute approximate surface area is 129 Å². The third-order valence-corrected chi connectivity index (χ3v) is 4.02. The molecule has 0 aliphatic heterocycles. The van der Waals surface area contributed by atoms with Gasteiger partial charge in [-0.05, 0) is 35.6 Å². The molecule has 3 rings (SSSR count). The predicted octanol–water partition coefficient (Wildman–Crippen LogP) is 3.61. The van der Waals surface area contributed by atoms with Crippen LogP contribution in [0, 0.1) is 10.5 Å². The Balaban J connectivity index is 2.24. The van der Waals surface area contributed by atoms with Gasteiger partial charge in [-0.3, -0.25) is 4.79 Å². The van der Waals surface area contributed by atoms with Gasteiger partial charge in [-0.1, -0.05) is 30.3 Å². The Bertz CT molecular complexity index is 806. The average Bonchev–Trinajstić information content (AvgIpc) is 2.89. The van der Waals surface area contributed by atoms with Crippen LogP contribution in [0.3, 0.4) is 0 Å². The third-order valence-electron chi connectivity index (χ3n) is 3.02. The minimum atomic E-state index is -0.143. The lowest BCUT2D eigenvalue weighted by Crippen LogP contribution is -2.14. The van der Waals surface area contributed by atoms with Crippen LogP contribution in [0.5, 0.6) is 0 Å². The van der Waals surface area contributed by atoms with Crippen LogP contribution in [0.2, 0.25) is 0 Å². The number of aromatic nitrogens is 2. The van der Waals surface area contributed by atoms with E-state index >= 15 is 0 Å². The van der Waals surface area contributed by atoms with Crippen molar-refractivity contribution < 1.29 is 4.42 Å². The second-order valence-electron chi connectivity index (χ2n) is 4.33. The van der Waals surface area contributed by atoms with E-state index in [1.807, 2.05) is 59.8 Å². The zero-order valence-electron chi connectivity index (χ0n) is 10.7. The summed E-state index contributed by atoms with van der Waals surface area (Å²) >= 11 is 2.02. The number of nitrogens with one attached hydrogen (secondary N) is 1. The molecule has 0 unspecified atom stereocenters. The van der Waals surface area contributed by atoms with E-state index in [0.29, 0.717) is 15.1 Å². The van der Waals surface area contributed by atoms with Gasteiger partial charge in [0, 0.05) is 5.56 Å². The van der Waals surface area contributed by atoms with E-state index in [4.69, 9.17) is 4.42 Å². The number of H-pyrrole nitrogens is 1. The second-order valence-corrected chi connectivity index (χ2v) is 5.41. The molecule has 0 bridgehead atoms. The lowest BCUT2D eigenvalue weighted by Gasteiger charge is -2.06. The summed E-state index contributed by atoms with van der Waals surface area (Å²) in [6.07, 6.45) is 1.59. The molecule has 100 valence electrons. The van der Waals surface area contributed by atoms with Crippen molar-refractivity contribution in [2.75, 3.05) is 0 Å². The lowest BCUT2D eigenvalue weighted by atomic mass is 10.1. The third kappa shape index (κ3) is 2.29. The predicted molar refractivity (Wildman–Crippen MR) is 85.4 cm³/mol. The molecule has 0 spiro atoms. The molecule has 3 aromatic rings. The Morgan fingerprint density at radius 2 is 1.95 bits per heavy atom. The van der Waals surface area contributed by atoms with Crippen LogP contribution in [0.25, 0.3) is 22.6 Å². The van der Waals surface area contributed by atoms with Gasteiger partial charge in [-0.15, -0.1) is 0 Å². The van der Waals surface area contributed by atoms with Gasteiger partial charge in [-0.25, -0.2) is 4.98 Å². The van der Waals surface area contributed by atoms with E-state index in [-0.39, 0.29) is 5.56 Å². The zero-order valence-corrected chi connectivity index (χ0v) is 12.8. The van der Waals surface area contributed by atoms with E-state index in [9.17, 15) is 4.79 Å². The van der Waals surface area contributed by atoms with Crippen molar-refractivity contribution in [2.24, 2.45) is 0 Å². The van der Waals surface area contributed by atoms with Gasteiger partial charge in [0.25, 0.3) is 5.56 Å². The first-order valence-corrected chi connectivity index (χ1v) is 7.14. The minimum absolute atomic E-state index is 0.143. The van der Waals surface area contributed by atoms with Gasteiger partial charge >= 0.3 is 0 Å². The van der Waals surface area contributed by atoms with Gasteiger partial charge in [0.2, 0.25) is 0 Å². The van der Waals surface area contributed by atoms with E-state index in [2.05, 4.69) is 9.97 Å². The quantitative estimate of drug-likeness (QED) is 0.694. The maximum atomic E-state index is 12.1. The van der Waals surface area contributed by atoms with Crippen molar-refractivity contribution in [1.29, 1.82) is 0 Å². The Hall–Kier alpha value is -1.89. The van der Waals surface area contributed by atoms with Crippen molar-refractivity contribution >= 4 is 22.6 Å². The number of benzene rings is 1. The van der Waals surface area contributed by atoms with E-state index < -0.39 is 0 Å². The highest BCUT2D eigenvalue weighted by molar-refractivity contribution is 14.1. The largest absolute Gasteiger partial charge is 0.469 e. The Morgan fingerprint density at radius 1 is 1.20 bits per heavy atom. The molecule has 0 fully saturated rings. The fraction of sp³-hybridized carbons (Fsp3) is 0.0667. The van der Waals surface area contributed by atoms with E-state index in [0.717, 1.165) is 16.9 Å². The van der Waals surface area contributed by atoms with Gasteiger partial charge in [0.05, 0.1) is 17.5 Å². The second kappa shape index (κ2) is 5.24. The Kier molecular flexibility index (Phi) is 3.43. The summed E-state index contributed by atoms with van der Waals surface area (Å²) < 4.78 is 5.85. The summed E-state index contributed by atoms with van der Waals surface area (Å²) in [6, 6.07) is 11.5. The van der Waals surface area contributed by atoms with Gasteiger partial charge in [0.1, 0.15) is 15.2 Å². The molecule has 0 amide bonds. The van der Waals surface area contributed by atoms with Gasteiger partial charge in [-0.2, -0.15) is 0 Å². The normalized spacial score (nSPS) is 10.7. The summed E-state index contributed by atoms with van der Waals surface area (Å²) in [4.78, 5) is 19.5. The van der Waals surface area contributed by atoms with Crippen LogP contribution in [0.4, 0.5) is 0 Å². The smallest absolute Gasteiger partial charge is 0.265 e. The molecule has 0 atom stereocenters. The topological polar surface area (TPSA) is 58.9 Å². The molecule has 2 heterocycles. The molecule has 0 radical (unpaired) electrons. The number of rotatable bonds is 2. The molecule has 0 aliphatic rings. The first kappa shape index (κ1) is 13.1. The number of aromatic amines is 1. The summed E-state index contributed by atoms with van der Waals surface area (Å²) in [6.45, 7) is 1.84. The van der Waals surface area contributed by atoms with E-state index in [1.165, 1.54) is 0 Å². The molecule has 2 aromatic heterocycles. The number of aryl methyl sites for hydroxylation is 1. The monoisotopic (exact) mass is 378 g/mol. The Morgan fingerprint density at radius 3 is 2.60 bits per heavy atom. The van der Waals surface area contributed by atoms with Crippen LogP contribution in [0.1, 0.15) is 5.76 Å². The molecule has 1 aromatic carbocycles. The number of furan rings is 1. The number of halogens is 1. The van der Waals surface area contributed by atoms with Crippen LogP contribution in [-0.2, 0) is 0 Å². The van der Waals surface area contributed by atoms with Gasteiger partial charge < -0.3 is 9.40 Å². The number of hydrogen-bond acceptors (Lipinski definition) is 3. The molecule has 0 aliphatic carbocycles. The average molecular weight is 378 g/mol. The summed E-state index contributed by atoms with van der Waals surface area (Å²) in [5.74, 6) is 1.26. The summed E-state index contributed by atoms with van der Waals surface area (Å²) in [7, 11) is 0. The molecule has 5 heteroatoms. The highest BCUT2D eigenvalue weighted by Crippen LogP contribution is 2.25. The summed E-state index contributed by atoms with van der Waals surface area (Å²) in [5, 5.41) is 0. The van der Waals surface area contributed by atoms with Crippen LogP contribution < -0.4 is 5.56 Å². The highest BCUT2D eigenvalue weighted by atomic mass is 127. The first-order chi connectivity index (χ1) is 9.66. The fourth-order valence-electron chi connectivity index (χ4n) is 2.00. The minimum Gasteiger partial charge on any atom is -0.469 e. The van der Waals surface area contributed by atoms with Crippen LogP contribution in [0.15, 0.2) is 51.9 Å². The highest BCUT2D eigenvalue weighted by Gasteiger charge is 2.14.